The van der Waals surface area contributed by atoms with Gasteiger partial charge in [-0.05, 0) is 36.6 Å². The van der Waals surface area contributed by atoms with Crippen LogP contribution in [0, 0.1) is 6.92 Å². The van der Waals surface area contributed by atoms with Crippen molar-refractivity contribution < 1.29 is 9.90 Å². The first-order valence-electron chi connectivity index (χ1n) is 7.42. The van der Waals surface area contributed by atoms with Crippen molar-refractivity contribution in [2.45, 2.75) is 19.3 Å². The maximum Gasteiger partial charge on any atom is 0.251 e. The van der Waals surface area contributed by atoms with E-state index in [-0.39, 0.29) is 18.4 Å². The highest BCUT2D eigenvalue weighted by Crippen LogP contribution is 2.19. The molecule has 0 saturated heterocycles. The van der Waals surface area contributed by atoms with Crippen LogP contribution in [-0.2, 0) is 0 Å². The second-order valence-electron chi connectivity index (χ2n) is 5.40. The van der Waals surface area contributed by atoms with Crippen LogP contribution in [0.1, 0.15) is 33.8 Å². The molecule has 0 aliphatic heterocycles. The van der Waals surface area contributed by atoms with E-state index in [0.29, 0.717) is 24.2 Å². The monoisotopic (exact) mass is 298 g/mol. The van der Waals surface area contributed by atoms with E-state index >= 15 is 0 Å². The quantitative estimate of drug-likeness (QED) is 0.717. The summed E-state index contributed by atoms with van der Waals surface area (Å²) in [5.74, 6) is -0.0415. The molecule has 0 fully saturated rings. The molecule has 0 aliphatic rings. The summed E-state index contributed by atoms with van der Waals surface area (Å²) in [5, 5.41) is 12.2. The molecule has 1 amide bonds. The number of aliphatic hydroxyl groups excluding tert-OH is 1. The lowest BCUT2D eigenvalue weighted by atomic mass is 9.96. The van der Waals surface area contributed by atoms with Crippen LogP contribution in [0.3, 0.4) is 0 Å². The van der Waals surface area contributed by atoms with E-state index in [0.717, 1.165) is 11.1 Å². The number of anilines is 1. The summed E-state index contributed by atoms with van der Waals surface area (Å²) in [6, 6.07) is 15.2. The minimum Gasteiger partial charge on any atom is -0.399 e. The fourth-order valence-corrected chi connectivity index (χ4v) is 2.46. The van der Waals surface area contributed by atoms with Gasteiger partial charge in [-0.25, -0.2) is 0 Å². The van der Waals surface area contributed by atoms with Crippen LogP contribution in [0.15, 0.2) is 48.5 Å². The zero-order valence-corrected chi connectivity index (χ0v) is 12.8. The van der Waals surface area contributed by atoms with Crippen molar-refractivity contribution in [1.29, 1.82) is 0 Å². The molecule has 0 heterocycles. The lowest BCUT2D eigenvalue weighted by Crippen LogP contribution is -2.29. The molecule has 0 aromatic heterocycles. The molecule has 22 heavy (non-hydrogen) atoms. The lowest BCUT2D eigenvalue weighted by molar-refractivity contribution is 0.0948. The first-order chi connectivity index (χ1) is 10.6. The Morgan fingerprint density at radius 1 is 1.23 bits per heavy atom. The molecule has 0 bridgehead atoms. The number of carbonyl (C=O) groups is 1. The molecule has 0 spiro atoms. The summed E-state index contributed by atoms with van der Waals surface area (Å²) >= 11 is 0. The van der Waals surface area contributed by atoms with E-state index in [9.17, 15) is 9.90 Å². The van der Waals surface area contributed by atoms with E-state index < -0.39 is 0 Å². The third-order valence-electron chi connectivity index (χ3n) is 3.76. The Hall–Kier alpha value is -2.33. The minimum absolute atomic E-state index is 0.0900. The Kier molecular flexibility index (Phi) is 5.55. The summed E-state index contributed by atoms with van der Waals surface area (Å²) in [5.41, 5.74) is 8.92. The Morgan fingerprint density at radius 3 is 2.64 bits per heavy atom. The van der Waals surface area contributed by atoms with Gasteiger partial charge in [-0.3, -0.25) is 4.79 Å². The Labute approximate surface area is 131 Å². The third-order valence-corrected chi connectivity index (χ3v) is 3.76. The van der Waals surface area contributed by atoms with Gasteiger partial charge in [0.25, 0.3) is 5.91 Å². The minimum atomic E-state index is -0.135. The van der Waals surface area contributed by atoms with Crippen LogP contribution in [0.4, 0.5) is 5.69 Å². The van der Waals surface area contributed by atoms with Crippen molar-refractivity contribution >= 4 is 11.6 Å². The van der Waals surface area contributed by atoms with Crippen LogP contribution in [0.2, 0.25) is 0 Å². The van der Waals surface area contributed by atoms with Gasteiger partial charge in [0, 0.05) is 30.3 Å². The molecule has 1 unspecified atom stereocenters. The highest BCUT2D eigenvalue weighted by molar-refractivity contribution is 5.96. The Balaban J connectivity index is 2.06. The van der Waals surface area contributed by atoms with Crippen LogP contribution in [0.5, 0.6) is 0 Å². The number of nitrogens with two attached hydrogens (primary N) is 1. The van der Waals surface area contributed by atoms with Gasteiger partial charge in [-0.1, -0.05) is 36.4 Å². The van der Waals surface area contributed by atoms with E-state index in [1.54, 1.807) is 12.1 Å². The third kappa shape index (κ3) is 4.09. The van der Waals surface area contributed by atoms with Gasteiger partial charge in [-0.15, -0.1) is 0 Å². The topological polar surface area (TPSA) is 75.4 Å². The van der Waals surface area contributed by atoms with E-state index in [1.165, 1.54) is 0 Å². The second kappa shape index (κ2) is 7.61. The second-order valence-corrected chi connectivity index (χ2v) is 5.40. The van der Waals surface area contributed by atoms with Crippen molar-refractivity contribution in [2.24, 2.45) is 0 Å². The summed E-state index contributed by atoms with van der Waals surface area (Å²) in [6.45, 7) is 2.46. The van der Waals surface area contributed by atoms with E-state index in [1.807, 2.05) is 43.3 Å². The van der Waals surface area contributed by atoms with E-state index in [4.69, 9.17) is 5.73 Å². The average molecular weight is 298 g/mol. The standard InChI is InChI=1S/C18H22N2O2/c1-13-7-8-16(19)11-17(13)18(22)20-12-15(9-10-21)14-5-3-2-4-6-14/h2-8,11,15,21H,9-10,12,19H2,1H3,(H,20,22). The lowest BCUT2D eigenvalue weighted by Gasteiger charge is -2.17. The number of hydrogen-bond acceptors (Lipinski definition) is 3. The zero-order chi connectivity index (χ0) is 15.9. The number of benzene rings is 2. The molecule has 116 valence electrons. The largest absolute Gasteiger partial charge is 0.399 e. The molecule has 2 aromatic rings. The number of hydrogen-bond donors (Lipinski definition) is 3. The summed E-state index contributed by atoms with van der Waals surface area (Å²) < 4.78 is 0. The molecule has 0 aliphatic carbocycles. The van der Waals surface area contributed by atoms with E-state index in [2.05, 4.69) is 5.32 Å². The molecular weight excluding hydrogens is 276 g/mol. The predicted octanol–water partition coefficient (Wildman–Crippen LogP) is 2.47. The molecule has 1 atom stereocenters. The maximum absolute atomic E-state index is 12.3. The van der Waals surface area contributed by atoms with Crippen molar-refractivity contribution in [3.63, 3.8) is 0 Å². The number of nitrogens with one attached hydrogen (secondary N) is 1. The average Bonchev–Trinajstić information content (AvgIpc) is 2.54. The number of carbonyl (C=O) groups excluding carboxylic acids is 1. The smallest absolute Gasteiger partial charge is 0.251 e. The summed E-state index contributed by atoms with van der Waals surface area (Å²) in [6.07, 6.45) is 0.611. The number of aliphatic hydroxyl groups is 1. The fraction of sp³-hybridized carbons (Fsp3) is 0.278. The summed E-state index contributed by atoms with van der Waals surface area (Å²) in [4.78, 5) is 12.3. The molecule has 4 N–H and O–H groups in total. The van der Waals surface area contributed by atoms with Crippen molar-refractivity contribution in [1.82, 2.24) is 5.32 Å². The molecule has 2 rings (SSSR count). The molecular formula is C18H22N2O2. The molecule has 2 aromatic carbocycles. The van der Waals surface area contributed by atoms with Gasteiger partial charge >= 0.3 is 0 Å². The predicted molar refractivity (Wildman–Crippen MR) is 88.8 cm³/mol. The first kappa shape index (κ1) is 16.0. The van der Waals surface area contributed by atoms with Crippen LogP contribution in [0.25, 0.3) is 0 Å². The van der Waals surface area contributed by atoms with Gasteiger partial charge in [0.2, 0.25) is 0 Å². The van der Waals surface area contributed by atoms with Crippen LogP contribution in [-0.4, -0.2) is 24.2 Å². The van der Waals surface area contributed by atoms with Gasteiger partial charge < -0.3 is 16.2 Å². The SMILES string of the molecule is Cc1ccc(N)cc1C(=O)NCC(CCO)c1ccccc1. The maximum atomic E-state index is 12.3. The zero-order valence-electron chi connectivity index (χ0n) is 12.8. The van der Waals surface area contributed by atoms with Crippen molar-refractivity contribution in [3.8, 4) is 0 Å². The van der Waals surface area contributed by atoms with Crippen LogP contribution >= 0.6 is 0 Å². The van der Waals surface area contributed by atoms with Crippen LogP contribution < -0.4 is 11.1 Å². The summed E-state index contributed by atoms with van der Waals surface area (Å²) in [7, 11) is 0. The Bertz CT molecular complexity index is 626. The number of nitrogen functional groups attached to an aromatic ring is 1. The highest BCUT2D eigenvalue weighted by atomic mass is 16.3. The first-order valence-corrected chi connectivity index (χ1v) is 7.42. The highest BCUT2D eigenvalue weighted by Gasteiger charge is 2.14. The fourth-order valence-electron chi connectivity index (χ4n) is 2.46. The number of amides is 1. The van der Waals surface area contributed by atoms with Gasteiger partial charge in [0.15, 0.2) is 0 Å². The molecule has 4 heteroatoms. The molecule has 0 radical (unpaired) electrons. The van der Waals surface area contributed by atoms with Gasteiger partial charge in [0.05, 0.1) is 0 Å². The van der Waals surface area contributed by atoms with Gasteiger partial charge in [0.1, 0.15) is 0 Å². The van der Waals surface area contributed by atoms with Gasteiger partial charge in [-0.2, -0.15) is 0 Å². The van der Waals surface area contributed by atoms with Crippen molar-refractivity contribution in [2.75, 3.05) is 18.9 Å². The molecule has 0 saturated carbocycles. The normalized spacial score (nSPS) is 11.9. The van der Waals surface area contributed by atoms with Crippen molar-refractivity contribution in [3.05, 3.63) is 65.2 Å². The Morgan fingerprint density at radius 2 is 1.95 bits per heavy atom. The number of rotatable bonds is 6. The molecule has 4 nitrogen and oxygen atoms in total. The number of aryl methyl sites for hydroxylation is 1.